The molecule has 0 fully saturated rings. The number of nitrogens with one attached hydrogen (secondary N) is 1. The van der Waals surface area contributed by atoms with E-state index in [1.54, 1.807) is 0 Å². The third-order valence-corrected chi connectivity index (χ3v) is 1.95. The molecule has 0 saturated heterocycles. The second-order valence-corrected chi connectivity index (χ2v) is 3.26. The van der Waals surface area contributed by atoms with Gasteiger partial charge in [0.25, 0.3) is 5.91 Å². The minimum atomic E-state index is -4.47. The molecule has 0 bridgehead atoms. The van der Waals surface area contributed by atoms with E-state index in [-0.39, 0.29) is 5.75 Å². The van der Waals surface area contributed by atoms with E-state index in [9.17, 15) is 18.0 Å². The smallest absolute Gasteiger partial charge is 0.416 e. The van der Waals surface area contributed by atoms with Crippen LogP contribution in [0.25, 0.3) is 0 Å². The van der Waals surface area contributed by atoms with Crippen molar-refractivity contribution in [3.63, 3.8) is 0 Å². The Morgan fingerprint density at radius 2 is 2.12 bits per heavy atom. The highest BCUT2D eigenvalue weighted by atomic mass is 19.4. The van der Waals surface area contributed by atoms with E-state index < -0.39 is 23.8 Å². The van der Waals surface area contributed by atoms with Gasteiger partial charge in [-0.1, -0.05) is 6.07 Å². The van der Waals surface area contributed by atoms with E-state index in [2.05, 4.69) is 0 Å². The number of halogens is 3. The first kappa shape index (κ1) is 13.3. The fourth-order valence-corrected chi connectivity index (χ4v) is 1.09. The lowest BCUT2D eigenvalue weighted by Crippen LogP contribution is -2.34. The second-order valence-electron chi connectivity index (χ2n) is 3.26. The summed E-state index contributed by atoms with van der Waals surface area (Å²) in [7, 11) is 0. The molecule has 0 aromatic heterocycles. The van der Waals surface area contributed by atoms with Crippen LogP contribution in [0.1, 0.15) is 12.5 Å². The first-order chi connectivity index (χ1) is 7.84. The summed E-state index contributed by atoms with van der Waals surface area (Å²) < 4.78 is 42.0. The highest BCUT2D eigenvalue weighted by molar-refractivity contribution is 5.79. The molecule has 1 unspecified atom stereocenters. The van der Waals surface area contributed by atoms with E-state index in [0.29, 0.717) is 0 Å². The van der Waals surface area contributed by atoms with Crippen LogP contribution in [0.2, 0.25) is 0 Å². The number of hydrogen-bond donors (Lipinski definition) is 2. The van der Waals surface area contributed by atoms with Gasteiger partial charge in [0.2, 0.25) is 0 Å². The van der Waals surface area contributed by atoms with Crippen LogP contribution in [0.5, 0.6) is 5.75 Å². The molecule has 94 valence electrons. The van der Waals surface area contributed by atoms with Crippen LogP contribution in [0.15, 0.2) is 24.3 Å². The zero-order chi connectivity index (χ0) is 13.1. The maximum Gasteiger partial charge on any atom is 0.416 e. The Hall–Kier alpha value is -1.76. The summed E-state index contributed by atoms with van der Waals surface area (Å²) in [6.45, 7) is 1.30. The lowest BCUT2D eigenvalue weighted by atomic mass is 10.2. The minimum Gasteiger partial charge on any atom is -0.481 e. The van der Waals surface area contributed by atoms with Gasteiger partial charge in [0.1, 0.15) is 5.75 Å². The van der Waals surface area contributed by atoms with Gasteiger partial charge in [-0.2, -0.15) is 13.2 Å². The molecular weight excluding hydrogens is 239 g/mol. The van der Waals surface area contributed by atoms with Crippen molar-refractivity contribution in [1.29, 1.82) is 0 Å². The Bertz CT molecular complexity index is 406. The predicted octanol–water partition coefficient (Wildman–Crippen LogP) is 1.98. The SMILES string of the molecule is CC(Oc1cccc(C(F)(F)F)c1)C(=O)NO. The Morgan fingerprint density at radius 1 is 1.47 bits per heavy atom. The summed E-state index contributed by atoms with van der Waals surface area (Å²) in [5.41, 5.74) is 0.475. The monoisotopic (exact) mass is 249 g/mol. The van der Waals surface area contributed by atoms with Crippen LogP contribution in [0, 0.1) is 0 Å². The van der Waals surface area contributed by atoms with Crippen LogP contribution in [0.4, 0.5) is 13.2 Å². The molecule has 0 spiro atoms. The second kappa shape index (κ2) is 5.05. The number of hydroxylamine groups is 1. The molecule has 0 aliphatic carbocycles. The van der Waals surface area contributed by atoms with Gasteiger partial charge in [-0.25, -0.2) is 5.48 Å². The number of rotatable bonds is 3. The van der Waals surface area contributed by atoms with Crippen molar-refractivity contribution in [2.75, 3.05) is 0 Å². The number of amides is 1. The average molecular weight is 249 g/mol. The first-order valence-electron chi connectivity index (χ1n) is 4.62. The fraction of sp³-hybridized carbons (Fsp3) is 0.300. The molecule has 4 nitrogen and oxygen atoms in total. The summed E-state index contributed by atoms with van der Waals surface area (Å²) in [5, 5.41) is 8.31. The zero-order valence-corrected chi connectivity index (χ0v) is 8.78. The van der Waals surface area contributed by atoms with Crippen LogP contribution in [-0.2, 0) is 11.0 Å². The Labute approximate surface area is 95.0 Å². The summed E-state index contributed by atoms with van der Waals surface area (Å²) in [6, 6.07) is 4.13. The van der Waals surface area contributed by atoms with E-state index in [1.807, 2.05) is 0 Å². The molecular formula is C10H10F3NO3. The highest BCUT2D eigenvalue weighted by Gasteiger charge is 2.30. The molecule has 1 amide bonds. The number of ether oxygens (including phenoxy) is 1. The molecule has 2 N–H and O–H groups in total. The molecule has 0 aliphatic rings. The van der Waals surface area contributed by atoms with Gasteiger partial charge >= 0.3 is 6.18 Å². The van der Waals surface area contributed by atoms with E-state index in [1.165, 1.54) is 24.5 Å². The maximum atomic E-state index is 12.4. The standard InChI is InChI=1S/C10H10F3NO3/c1-6(9(15)14-16)17-8-4-2-3-7(5-8)10(11,12)13/h2-6,16H,1H3,(H,14,15). The van der Waals surface area contributed by atoms with Gasteiger partial charge in [-0.05, 0) is 25.1 Å². The summed E-state index contributed by atoms with van der Waals surface area (Å²) in [4.78, 5) is 10.9. The molecule has 0 heterocycles. The minimum absolute atomic E-state index is 0.101. The number of carbonyl (C=O) groups excluding carboxylic acids is 1. The largest absolute Gasteiger partial charge is 0.481 e. The zero-order valence-electron chi connectivity index (χ0n) is 8.78. The number of hydrogen-bond acceptors (Lipinski definition) is 3. The van der Waals surface area contributed by atoms with Gasteiger partial charge in [-0.3, -0.25) is 10.0 Å². The van der Waals surface area contributed by atoms with Crippen LogP contribution in [-0.4, -0.2) is 17.2 Å². The first-order valence-corrected chi connectivity index (χ1v) is 4.62. The Kier molecular flexibility index (Phi) is 3.95. The Morgan fingerprint density at radius 3 is 2.65 bits per heavy atom. The van der Waals surface area contributed by atoms with Crippen LogP contribution in [0.3, 0.4) is 0 Å². The van der Waals surface area contributed by atoms with Crippen molar-refractivity contribution in [2.24, 2.45) is 0 Å². The molecule has 1 rings (SSSR count). The van der Waals surface area contributed by atoms with Gasteiger partial charge in [0, 0.05) is 0 Å². The summed E-state index contributed by atoms with van der Waals surface area (Å²) in [6.07, 6.45) is -5.56. The molecule has 1 aromatic rings. The van der Waals surface area contributed by atoms with E-state index >= 15 is 0 Å². The third kappa shape index (κ3) is 3.63. The summed E-state index contributed by atoms with van der Waals surface area (Å²) in [5.74, 6) is -0.946. The average Bonchev–Trinajstić information content (AvgIpc) is 2.27. The normalized spacial score (nSPS) is 13.0. The van der Waals surface area contributed by atoms with Crippen molar-refractivity contribution in [1.82, 2.24) is 5.48 Å². The van der Waals surface area contributed by atoms with Crippen LogP contribution >= 0.6 is 0 Å². The highest BCUT2D eigenvalue weighted by Crippen LogP contribution is 2.31. The van der Waals surface area contributed by atoms with Crippen molar-refractivity contribution >= 4 is 5.91 Å². The third-order valence-electron chi connectivity index (χ3n) is 1.95. The van der Waals surface area contributed by atoms with Gasteiger partial charge in [-0.15, -0.1) is 0 Å². The number of alkyl halides is 3. The molecule has 1 aromatic carbocycles. The van der Waals surface area contributed by atoms with Crippen molar-refractivity contribution in [2.45, 2.75) is 19.2 Å². The van der Waals surface area contributed by atoms with Crippen molar-refractivity contribution in [3.8, 4) is 5.75 Å². The summed E-state index contributed by atoms with van der Waals surface area (Å²) >= 11 is 0. The lowest BCUT2D eigenvalue weighted by molar-refractivity contribution is -0.137. The van der Waals surface area contributed by atoms with Crippen molar-refractivity contribution < 1.29 is 27.9 Å². The molecule has 0 saturated carbocycles. The molecule has 1 atom stereocenters. The van der Waals surface area contributed by atoms with Gasteiger partial charge < -0.3 is 4.74 Å². The molecule has 0 radical (unpaired) electrons. The number of benzene rings is 1. The predicted molar refractivity (Wildman–Crippen MR) is 51.5 cm³/mol. The molecule has 7 heteroatoms. The van der Waals surface area contributed by atoms with Crippen molar-refractivity contribution in [3.05, 3.63) is 29.8 Å². The quantitative estimate of drug-likeness (QED) is 0.636. The number of carbonyl (C=O) groups is 1. The van der Waals surface area contributed by atoms with Crippen LogP contribution < -0.4 is 10.2 Å². The van der Waals surface area contributed by atoms with Gasteiger partial charge in [0.05, 0.1) is 5.56 Å². The van der Waals surface area contributed by atoms with E-state index in [0.717, 1.165) is 12.1 Å². The maximum absolute atomic E-state index is 12.4. The topological polar surface area (TPSA) is 58.6 Å². The molecule has 0 aliphatic heterocycles. The molecule has 17 heavy (non-hydrogen) atoms. The Balaban J connectivity index is 2.83. The van der Waals surface area contributed by atoms with E-state index in [4.69, 9.17) is 9.94 Å². The van der Waals surface area contributed by atoms with Gasteiger partial charge in [0.15, 0.2) is 6.10 Å². The fourth-order valence-electron chi connectivity index (χ4n) is 1.09. The lowest BCUT2D eigenvalue weighted by Gasteiger charge is -2.14.